The van der Waals surface area contributed by atoms with Gasteiger partial charge in [-0.3, -0.25) is 9.89 Å². The normalized spacial score (nSPS) is 12.0. The summed E-state index contributed by atoms with van der Waals surface area (Å²) in [5.41, 5.74) is 0.245. The molecule has 4 rings (SSSR count). The number of hydrogen-bond donors (Lipinski definition) is 1. The highest BCUT2D eigenvalue weighted by molar-refractivity contribution is 5.81. The van der Waals surface area contributed by atoms with Crippen molar-refractivity contribution in [1.29, 1.82) is 0 Å². The van der Waals surface area contributed by atoms with E-state index in [-0.39, 0.29) is 22.5 Å². The number of aromatic nitrogens is 3. The van der Waals surface area contributed by atoms with Crippen molar-refractivity contribution in [1.82, 2.24) is 14.6 Å². The van der Waals surface area contributed by atoms with Gasteiger partial charge in [0.05, 0.1) is 11.3 Å². The van der Waals surface area contributed by atoms with Crippen LogP contribution >= 0.6 is 0 Å². The Morgan fingerprint density at radius 3 is 2.27 bits per heavy atom. The number of H-pyrrole nitrogens is 1. The summed E-state index contributed by atoms with van der Waals surface area (Å²) < 4.78 is 67.4. The molecule has 0 aliphatic rings. The van der Waals surface area contributed by atoms with Gasteiger partial charge in [0.1, 0.15) is 11.6 Å². The van der Waals surface area contributed by atoms with Crippen LogP contribution in [0.15, 0.2) is 47.3 Å². The second kappa shape index (κ2) is 6.79. The second-order valence-electron chi connectivity index (χ2n) is 6.86. The third-order valence-corrected chi connectivity index (χ3v) is 4.87. The quantitative estimate of drug-likeness (QED) is 0.450. The number of fused-ring (bicyclic) bond motifs is 1. The number of nitrogens with zero attached hydrogens (tertiary/aromatic N) is 2. The fourth-order valence-electron chi connectivity index (χ4n) is 3.38. The van der Waals surface area contributed by atoms with Gasteiger partial charge in [-0.15, -0.1) is 0 Å². The van der Waals surface area contributed by atoms with Crippen molar-refractivity contribution in [3.63, 3.8) is 0 Å². The Kier molecular flexibility index (Phi) is 4.48. The van der Waals surface area contributed by atoms with E-state index in [1.54, 1.807) is 6.92 Å². The molecule has 0 saturated carbocycles. The lowest BCUT2D eigenvalue weighted by Crippen LogP contribution is -2.19. The molecule has 0 radical (unpaired) electrons. The molecule has 0 spiro atoms. The van der Waals surface area contributed by atoms with Crippen LogP contribution < -0.4 is 5.56 Å². The van der Waals surface area contributed by atoms with Crippen molar-refractivity contribution in [2.24, 2.45) is 0 Å². The fourth-order valence-corrected chi connectivity index (χ4v) is 3.38. The molecule has 2 heterocycles. The summed E-state index contributed by atoms with van der Waals surface area (Å²) >= 11 is 0. The zero-order valence-corrected chi connectivity index (χ0v) is 15.7. The number of aryl methyl sites for hydroxylation is 1. The van der Waals surface area contributed by atoms with E-state index in [0.29, 0.717) is 22.9 Å². The molecule has 0 amide bonds. The first kappa shape index (κ1) is 19.8. The Labute approximate surface area is 166 Å². The molecule has 4 aromatic rings. The van der Waals surface area contributed by atoms with Crippen molar-refractivity contribution < 1.29 is 22.0 Å². The predicted molar refractivity (Wildman–Crippen MR) is 101 cm³/mol. The van der Waals surface area contributed by atoms with E-state index in [1.807, 2.05) is 0 Å². The van der Waals surface area contributed by atoms with E-state index in [4.69, 9.17) is 0 Å². The standard InChI is InChI=1S/C21H14F5N3O/c1-10-18(15-8-7-14(22)9-16(15)23)27-19-17(11(2)28-29(19)20(10)30)12-3-5-13(6-4-12)21(24,25)26/h3-9,28H,1-2H3. The van der Waals surface area contributed by atoms with Gasteiger partial charge in [-0.2, -0.15) is 13.2 Å². The highest BCUT2D eigenvalue weighted by Gasteiger charge is 2.30. The Bertz CT molecular complexity index is 1330. The summed E-state index contributed by atoms with van der Waals surface area (Å²) in [6.07, 6.45) is -4.48. The summed E-state index contributed by atoms with van der Waals surface area (Å²) in [7, 11) is 0. The van der Waals surface area contributed by atoms with Crippen molar-refractivity contribution in [3.8, 4) is 22.4 Å². The van der Waals surface area contributed by atoms with Gasteiger partial charge in [-0.1, -0.05) is 12.1 Å². The van der Waals surface area contributed by atoms with E-state index in [2.05, 4.69) is 10.1 Å². The second-order valence-corrected chi connectivity index (χ2v) is 6.86. The average molecular weight is 419 g/mol. The molecule has 1 N–H and O–H groups in total. The lowest BCUT2D eigenvalue weighted by atomic mass is 10.0. The van der Waals surface area contributed by atoms with Crippen LogP contribution in [0.4, 0.5) is 22.0 Å². The van der Waals surface area contributed by atoms with Gasteiger partial charge in [0.15, 0.2) is 5.65 Å². The Balaban J connectivity index is 1.97. The van der Waals surface area contributed by atoms with Crippen LogP contribution in [0.2, 0.25) is 0 Å². The average Bonchev–Trinajstić information content (AvgIpc) is 3.01. The molecule has 0 atom stereocenters. The smallest absolute Gasteiger partial charge is 0.293 e. The molecule has 2 aromatic heterocycles. The first-order valence-corrected chi connectivity index (χ1v) is 8.83. The lowest BCUT2D eigenvalue weighted by molar-refractivity contribution is -0.137. The summed E-state index contributed by atoms with van der Waals surface area (Å²) in [4.78, 5) is 17.2. The molecule has 0 fully saturated rings. The van der Waals surface area contributed by atoms with E-state index in [1.165, 1.54) is 25.1 Å². The van der Waals surface area contributed by atoms with Gasteiger partial charge < -0.3 is 0 Å². The highest BCUT2D eigenvalue weighted by atomic mass is 19.4. The van der Waals surface area contributed by atoms with Crippen LogP contribution in [0.1, 0.15) is 16.8 Å². The fraction of sp³-hybridized carbons (Fsp3) is 0.143. The van der Waals surface area contributed by atoms with Crippen molar-refractivity contribution in [3.05, 3.63) is 81.3 Å². The zero-order chi connectivity index (χ0) is 21.8. The number of hydrogen-bond acceptors (Lipinski definition) is 2. The molecule has 0 bridgehead atoms. The van der Waals surface area contributed by atoms with Crippen LogP contribution in [0.3, 0.4) is 0 Å². The number of benzene rings is 2. The monoisotopic (exact) mass is 419 g/mol. The minimum absolute atomic E-state index is 0.0321. The highest BCUT2D eigenvalue weighted by Crippen LogP contribution is 2.33. The molecular formula is C21H14F5N3O. The molecule has 0 aliphatic carbocycles. The molecular weight excluding hydrogens is 405 g/mol. The maximum absolute atomic E-state index is 14.3. The largest absolute Gasteiger partial charge is 0.416 e. The van der Waals surface area contributed by atoms with Crippen LogP contribution in [-0.4, -0.2) is 14.6 Å². The zero-order valence-electron chi connectivity index (χ0n) is 15.7. The summed E-state index contributed by atoms with van der Waals surface area (Å²) in [6.45, 7) is 3.11. The number of alkyl halides is 3. The minimum atomic E-state index is -4.48. The predicted octanol–water partition coefficient (Wildman–Crippen LogP) is 5.27. The first-order chi connectivity index (χ1) is 14.1. The van der Waals surface area contributed by atoms with Crippen molar-refractivity contribution in [2.45, 2.75) is 20.0 Å². The topological polar surface area (TPSA) is 50.2 Å². The number of halogens is 5. The third kappa shape index (κ3) is 3.16. The van der Waals surface area contributed by atoms with Gasteiger partial charge in [-0.25, -0.2) is 18.3 Å². The summed E-state index contributed by atoms with van der Waals surface area (Å²) in [5.74, 6) is -1.65. The number of nitrogens with one attached hydrogen (secondary N) is 1. The number of rotatable bonds is 2. The van der Waals surface area contributed by atoms with E-state index in [0.717, 1.165) is 22.7 Å². The van der Waals surface area contributed by atoms with Crippen molar-refractivity contribution >= 4 is 5.65 Å². The third-order valence-electron chi connectivity index (χ3n) is 4.87. The SMILES string of the molecule is Cc1[nH]n2c(=O)c(C)c(-c3ccc(F)cc3F)nc2c1-c1ccc(C(F)(F)F)cc1. The van der Waals surface area contributed by atoms with Gasteiger partial charge >= 0.3 is 6.18 Å². The van der Waals surface area contributed by atoms with E-state index < -0.39 is 28.9 Å². The Morgan fingerprint density at radius 1 is 1.00 bits per heavy atom. The number of aromatic amines is 1. The molecule has 0 saturated heterocycles. The lowest BCUT2D eigenvalue weighted by Gasteiger charge is -2.09. The molecule has 0 unspecified atom stereocenters. The van der Waals surface area contributed by atoms with Gasteiger partial charge in [-0.05, 0) is 43.7 Å². The first-order valence-electron chi connectivity index (χ1n) is 8.83. The molecule has 9 heteroatoms. The van der Waals surface area contributed by atoms with Crippen LogP contribution in [0, 0.1) is 25.5 Å². The van der Waals surface area contributed by atoms with Crippen LogP contribution in [0.25, 0.3) is 28.0 Å². The maximum Gasteiger partial charge on any atom is 0.416 e. The van der Waals surface area contributed by atoms with Gasteiger partial charge in [0.25, 0.3) is 5.56 Å². The Morgan fingerprint density at radius 2 is 1.67 bits per heavy atom. The van der Waals surface area contributed by atoms with Gasteiger partial charge in [0, 0.05) is 28.5 Å². The molecule has 4 nitrogen and oxygen atoms in total. The molecule has 0 aliphatic heterocycles. The Hall–Kier alpha value is -3.49. The van der Waals surface area contributed by atoms with Crippen LogP contribution in [0.5, 0.6) is 0 Å². The summed E-state index contributed by atoms with van der Waals surface area (Å²) in [6, 6.07) is 7.37. The van der Waals surface area contributed by atoms with Gasteiger partial charge in [0.2, 0.25) is 0 Å². The molecule has 154 valence electrons. The van der Waals surface area contributed by atoms with E-state index in [9.17, 15) is 26.7 Å². The van der Waals surface area contributed by atoms with E-state index >= 15 is 0 Å². The van der Waals surface area contributed by atoms with Crippen LogP contribution in [-0.2, 0) is 6.18 Å². The molecule has 30 heavy (non-hydrogen) atoms. The van der Waals surface area contributed by atoms with Crippen molar-refractivity contribution in [2.75, 3.05) is 0 Å². The minimum Gasteiger partial charge on any atom is -0.293 e. The maximum atomic E-state index is 14.3. The molecule has 2 aromatic carbocycles. The summed E-state index contributed by atoms with van der Waals surface area (Å²) in [5, 5.41) is 2.85.